The summed E-state index contributed by atoms with van der Waals surface area (Å²) in [4.78, 5) is 11.4. The Bertz CT molecular complexity index is 583. The normalized spacial score (nSPS) is 10.4. The molecule has 0 amide bonds. The van der Waals surface area contributed by atoms with Gasteiger partial charge < -0.3 is 4.74 Å². The van der Waals surface area contributed by atoms with Crippen molar-refractivity contribution in [3.63, 3.8) is 0 Å². The fourth-order valence-corrected chi connectivity index (χ4v) is 1.65. The average Bonchev–Trinajstić information content (AvgIpc) is 2.71. The van der Waals surface area contributed by atoms with Crippen molar-refractivity contribution in [2.24, 2.45) is 0 Å². The lowest BCUT2D eigenvalue weighted by Gasteiger charge is -2.03. The van der Waals surface area contributed by atoms with Crippen LogP contribution in [0.4, 0.5) is 4.39 Å². The zero-order chi connectivity index (χ0) is 13.1. The molecule has 94 valence electrons. The fraction of sp³-hybridized carbons (Fsp3) is 0.167. The molecule has 2 aromatic rings. The van der Waals surface area contributed by atoms with E-state index in [9.17, 15) is 9.18 Å². The number of hydrogen-bond donors (Lipinski definition) is 0. The van der Waals surface area contributed by atoms with Crippen molar-refractivity contribution >= 4 is 17.6 Å². The molecule has 1 aromatic carbocycles. The van der Waals surface area contributed by atoms with Gasteiger partial charge in [-0.25, -0.2) is 9.48 Å². The molecule has 0 unspecified atom stereocenters. The highest BCUT2D eigenvalue weighted by Crippen LogP contribution is 2.17. The Morgan fingerprint density at radius 2 is 2.33 bits per heavy atom. The van der Waals surface area contributed by atoms with Crippen molar-refractivity contribution in [2.75, 3.05) is 6.61 Å². The summed E-state index contributed by atoms with van der Waals surface area (Å²) < 4.78 is 19.7. The number of aromatic nitrogens is 2. The molecule has 0 radical (unpaired) electrons. The van der Waals surface area contributed by atoms with Crippen LogP contribution in [0.3, 0.4) is 0 Å². The van der Waals surface area contributed by atoms with Gasteiger partial charge in [0.1, 0.15) is 5.56 Å². The number of ether oxygens (including phenoxy) is 1. The molecule has 0 atom stereocenters. The highest BCUT2D eigenvalue weighted by Gasteiger charge is 2.19. The average molecular weight is 269 g/mol. The van der Waals surface area contributed by atoms with Gasteiger partial charge in [-0.3, -0.25) is 0 Å². The van der Waals surface area contributed by atoms with Crippen LogP contribution in [0, 0.1) is 5.95 Å². The predicted molar refractivity (Wildman–Crippen MR) is 64.5 cm³/mol. The monoisotopic (exact) mass is 268 g/mol. The molecular weight excluding hydrogens is 259 g/mol. The van der Waals surface area contributed by atoms with Crippen molar-refractivity contribution in [1.29, 1.82) is 0 Å². The molecule has 0 N–H and O–H groups in total. The van der Waals surface area contributed by atoms with Crippen LogP contribution in [0.25, 0.3) is 5.69 Å². The molecular formula is C12H10ClFN2O2. The topological polar surface area (TPSA) is 44.1 Å². The zero-order valence-electron chi connectivity index (χ0n) is 9.56. The zero-order valence-corrected chi connectivity index (χ0v) is 10.3. The fourth-order valence-electron chi connectivity index (χ4n) is 1.47. The van der Waals surface area contributed by atoms with Crippen molar-refractivity contribution in [1.82, 2.24) is 9.78 Å². The number of hydrogen-bond acceptors (Lipinski definition) is 3. The summed E-state index contributed by atoms with van der Waals surface area (Å²) >= 11 is 5.81. The lowest BCUT2D eigenvalue weighted by atomic mass is 10.3. The van der Waals surface area contributed by atoms with Gasteiger partial charge in [0.2, 0.25) is 5.95 Å². The van der Waals surface area contributed by atoms with E-state index in [1.54, 1.807) is 31.2 Å². The summed E-state index contributed by atoms with van der Waals surface area (Å²) in [6.45, 7) is 1.83. The molecule has 1 aromatic heterocycles. The molecule has 0 aliphatic carbocycles. The molecule has 6 heteroatoms. The third kappa shape index (κ3) is 2.36. The SMILES string of the molecule is CCOC(=O)c1cnn(-c2cccc(Cl)c2)c1F. The van der Waals surface area contributed by atoms with Crippen LogP contribution in [-0.2, 0) is 4.74 Å². The van der Waals surface area contributed by atoms with Gasteiger partial charge in [0.25, 0.3) is 0 Å². The first-order valence-electron chi connectivity index (χ1n) is 5.30. The number of carbonyl (C=O) groups excluding carboxylic acids is 1. The highest BCUT2D eigenvalue weighted by molar-refractivity contribution is 6.30. The van der Waals surface area contributed by atoms with Gasteiger partial charge in [0, 0.05) is 5.02 Å². The molecule has 0 spiro atoms. The largest absolute Gasteiger partial charge is 0.462 e. The number of benzene rings is 1. The van der Waals surface area contributed by atoms with Crippen molar-refractivity contribution in [3.05, 3.63) is 47.0 Å². The summed E-state index contributed by atoms with van der Waals surface area (Å²) in [7, 11) is 0. The molecule has 1 heterocycles. The number of nitrogens with zero attached hydrogens (tertiary/aromatic N) is 2. The number of halogens is 2. The molecule has 0 fully saturated rings. The van der Waals surface area contributed by atoms with E-state index < -0.39 is 11.9 Å². The summed E-state index contributed by atoms with van der Waals surface area (Å²) in [5, 5.41) is 4.27. The summed E-state index contributed by atoms with van der Waals surface area (Å²) in [5.74, 6) is -1.50. The van der Waals surface area contributed by atoms with Crippen LogP contribution < -0.4 is 0 Å². The second-order valence-electron chi connectivity index (χ2n) is 3.46. The minimum atomic E-state index is -0.768. The van der Waals surface area contributed by atoms with E-state index in [1.807, 2.05) is 0 Å². The maximum absolute atomic E-state index is 14.0. The van der Waals surface area contributed by atoms with Gasteiger partial charge >= 0.3 is 5.97 Å². The molecule has 0 bridgehead atoms. The molecule has 0 aliphatic heterocycles. The molecule has 2 rings (SSSR count). The van der Waals surface area contributed by atoms with Crippen molar-refractivity contribution in [2.45, 2.75) is 6.92 Å². The Morgan fingerprint density at radius 3 is 3.00 bits per heavy atom. The van der Waals surface area contributed by atoms with E-state index in [2.05, 4.69) is 5.10 Å². The maximum Gasteiger partial charge on any atom is 0.344 e. The van der Waals surface area contributed by atoms with Gasteiger partial charge in [-0.2, -0.15) is 9.49 Å². The van der Waals surface area contributed by atoms with E-state index >= 15 is 0 Å². The van der Waals surface area contributed by atoms with Gasteiger partial charge in [-0.15, -0.1) is 0 Å². The Morgan fingerprint density at radius 1 is 1.56 bits per heavy atom. The minimum absolute atomic E-state index is 0.181. The Labute approximate surface area is 108 Å². The molecule has 0 saturated carbocycles. The highest BCUT2D eigenvalue weighted by atomic mass is 35.5. The maximum atomic E-state index is 14.0. The third-order valence-electron chi connectivity index (χ3n) is 2.26. The first-order chi connectivity index (χ1) is 8.63. The summed E-state index contributed by atoms with van der Waals surface area (Å²) in [6, 6.07) is 6.52. The van der Waals surface area contributed by atoms with Crippen LogP contribution in [-0.4, -0.2) is 22.4 Å². The van der Waals surface area contributed by atoms with Crippen LogP contribution in [0.1, 0.15) is 17.3 Å². The standard InChI is InChI=1S/C12H10ClFN2O2/c1-2-18-12(17)10-7-15-16(11(10)14)9-5-3-4-8(13)6-9/h3-7H,2H2,1H3. The first-order valence-corrected chi connectivity index (χ1v) is 5.68. The lowest BCUT2D eigenvalue weighted by molar-refractivity contribution is 0.0520. The number of carbonyl (C=O) groups is 1. The van der Waals surface area contributed by atoms with Crippen LogP contribution in [0.5, 0.6) is 0 Å². The second kappa shape index (κ2) is 5.18. The van der Waals surface area contributed by atoms with Gasteiger partial charge in [0.15, 0.2) is 0 Å². The van der Waals surface area contributed by atoms with Crippen LogP contribution in [0.2, 0.25) is 5.02 Å². The van der Waals surface area contributed by atoms with Crippen LogP contribution in [0.15, 0.2) is 30.5 Å². The smallest absolute Gasteiger partial charge is 0.344 e. The second-order valence-corrected chi connectivity index (χ2v) is 3.90. The Balaban J connectivity index is 2.39. The van der Waals surface area contributed by atoms with Gasteiger partial charge in [-0.05, 0) is 25.1 Å². The predicted octanol–water partition coefficient (Wildman–Crippen LogP) is 2.84. The van der Waals surface area contributed by atoms with E-state index in [-0.39, 0.29) is 12.2 Å². The molecule has 18 heavy (non-hydrogen) atoms. The molecule has 4 nitrogen and oxygen atoms in total. The molecule has 0 aliphatic rings. The lowest BCUT2D eigenvalue weighted by Crippen LogP contribution is -2.07. The first kappa shape index (κ1) is 12.6. The Kier molecular flexibility index (Phi) is 3.62. The van der Waals surface area contributed by atoms with Gasteiger partial charge in [0.05, 0.1) is 18.5 Å². The summed E-state index contributed by atoms with van der Waals surface area (Å²) in [5.41, 5.74) is 0.243. The Hall–Kier alpha value is -1.88. The van der Waals surface area contributed by atoms with Crippen molar-refractivity contribution in [3.8, 4) is 5.69 Å². The van der Waals surface area contributed by atoms with E-state index in [4.69, 9.17) is 16.3 Å². The van der Waals surface area contributed by atoms with Crippen molar-refractivity contribution < 1.29 is 13.9 Å². The van der Waals surface area contributed by atoms with Gasteiger partial charge in [-0.1, -0.05) is 17.7 Å². The number of rotatable bonds is 3. The molecule has 0 saturated heterocycles. The summed E-state index contributed by atoms with van der Waals surface area (Å²) in [6.07, 6.45) is 1.13. The van der Waals surface area contributed by atoms with E-state index in [1.165, 1.54) is 0 Å². The van der Waals surface area contributed by atoms with E-state index in [0.717, 1.165) is 10.9 Å². The van der Waals surface area contributed by atoms with E-state index in [0.29, 0.717) is 10.7 Å². The third-order valence-corrected chi connectivity index (χ3v) is 2.49. The van der Waals surface area contributed by atoms with Crippen LogP contribution >= 0.6 is 11.6 Å². The quantitative estimate of drug-likeness (QED) is 0.804. The minimum Gasteiger partial charge on any atom is -0.462 e. The number of esters is 1.